The van der Waals surface area contributed by atoms with Gasteiger partial charge in [0.2, 0.25) is 0 Å². The van der Waals surface area contributed by atoms with Crippen LogP contribution in [0.15, 0.2) is 42.5 Å². The molecule has 0 aromatic heterocycles. The minimum Gasteiger partial charge on any atom is -0.452 e. The number of ether oxygens (including phenoxy) is 2. The number of alkyl halides is 2. The molecular weight excluding hydrogens is 403 g/mol. The molecule has 0 saturated carbocycles. The molecule has 0 spiro atoms. The lowest BCUT2D eigenvalue weighted by atomic mass is 10.1. The summed E-state index contributed by atoms with van der Waals surface area (Å²) in [4.78, 5) is 23.6. The van der Waals surface area contributed by atoms with Crippen molar-refractivity contribution in [2.75, 3.05) is 13.2 Å². The van der Waals surface area contributed by atoms with Crippen molar-refractivity contribution in [3.05, 3.63) is 63.6 Å². The van der Waals surface area contributed by atoms with Crippen LogP contribution >= 0.6 is 23.2 Å². The van der Waals surface area contributed by atoms with Crippen LogP contribution in [0.4, 0.5) is 8.78 Å². The van der Waals surface area contributed by atoms with Crippen molar-refractivity contribution in [1.29, 1.82) is 0 Å². The summed E-state index contributed by atoms with van der Waals surface area (Å²) in [6, 6.07) is 10.3. The van der Waals surface area contributed by atoms with E-state index in [1.807, 2.05) is 0 Å². The minimum atomic E-state index is -2.87. The zero-order valence-corrected chi connectivity index (χ0v) is 15.4. The average molecular weight is 418 g/mol. The molecule has 144 valence electrons. The fourth-order valence-electron chi connectivity index (χ4n) is 2.07. The van der Waals surface area contributed by atoms with Crippen LogP contribution in [0, 0.1) is 0 Å². The molecule has 0 fully saturated rings. The van der Waals surface area contributed by atoms with Gasteiger partial charge in [-0.15, -0.1) is 0 Å². The molecule has 2 rings (SSSR count). The van der Waals surface area contributed by atoms with Crippen LogP contribution < -0.4 is 10.1 Å². The number of carbonyl (C=O) groups excluding carboxylic acids is 2. The first-order valence-electron chi connectivity index (χ1n) is 7.78. The van der Waals surface area contributed by atoms with Gasteiger partial charge < -0.3 is 14.8 Å². The van der Waals surface area contributed by atoms with E-state index in [0.29, 0.717) is 11.4 Å². The number of halogens is 4. The normalized spacial score (nSPS) is 10.6. The molecule has 27 heavy (non-hydrogen) atoms. The van der Waals surface area contributed by atoms with Crippen molar-refractivity contribution in [2.45, 2.75) is 13.0 Å². The van der Waals surface area contributed by atoms with Crippen LogP contribution in [-0.4, -0.2) is 31.6 Å². The summed E-state index contributed by atoms with van der Waals surface area (Å²) in [5, 5.41) is 3.10. The van der Waals surface area contributed by atoms with E-state index >= 15 is 0 Å². The molecule has 9 heteroatoms. The maximum absolute atomic E-state index is 12.1. The Hall–Kier alpha value is -2.38. The molecular formula is C18H15Cl2F2NO4. The Labute approximate surface area is 164 Å². The van der Waals surface area contributed by atoms with Crippen LogP contribution in [0.5, 0.6) is 5.75 Å². The number of hydrogen-bond donors (Lipinski definition) is 1. The SMILES string of the molecule is O=C(COC(=O)c1ccc(Cl)c(Cl)c1)NCCc1ccc(OC(F)F)cc1. The second kappa shape index (κ2) is 10.1. The minimum absolute atomic E-state index is 0.0620. The predicted molar refractivity (Wildman–Crippen MR) is 96.5 cm³/mol. The third kappa shape index (κ3) is 7.03. The molecule has 0 aliphatic rings. The third-order valence-corrected chi connectivity index (χ3v) is 4.11. The smallest absolute Gasteiger partial charge is 0.387 e. The molecule has 0 aliphatic carbocycles. The van der Waals surface area contributed by atoms with Crippen LogP contribution in [0.1, 0.15) is 15.9 Å². The number of esters is 1. The molecule has 5 nitrogen and oxygen atoms in total. The number of nitrogens with one attached hydrogen (secondary N) is 1. The molecule has 2 aromatic carbocycles. The molecule has 0 saturated heterocycles. The summed E-state index contributed by atoms with van der Waals surface area (Å²) in [5.74, 6) is -1.11. The standard InChI is InChI=1S/C18H15Cl2F2NO4/c19-14-6-3-12(9-15(14)20)17(25)26-10-16(24)23-8-7-11-1-4-13(5-2-11)27-18(21)22/h1-6,9,18H,7-8,10H2,(H,23,24). The number of hydrogen-bond acceptors (Lipinski definition) is 4. The van der Waals surface area contributed by atoms with Crippen LogP contribution in [-0.2, 0) is 16.0 Å². The topological polar surface area (TPSA) is 64.6 Å². The van der Waals surface area contributed by atoms with Crippen LogP contribution in [0.25, 0.3) is 0 Å². The summed E-state index contributed by atoms with van der Waals surface area (Å²) in [5.41, 5.74) is 1.01. The van der Waals surface area contributed by atoms with Crippen molar-refractivity contribution in [3.8, 4) is 5.75 Å². The van der Waals surface area contributed by atoms with Crippen molar-refractivity contribution in [3.63, 3.8) is 0 Å². The summed E-state index contributed by atoms with van der Waals surface area (Å²) >= 11 is 11.6. The Morgan fingerprint density at radius 1 is 1.04 bits per heavy atom. The van der Waals surface area contributed by atoms with Crippen LogP contribution in [0.3, 0.4) is 0 Å². The van der Waals surface area contributed by atoms with Gasteiger partial charge in [-0.05, 0) is 42.3 Å². The first kappa shape index (κ1) is 20.9. The zero-order valence-electron chi connectivity index (χ0n) is 13.9. The van der Waals surface area contributed by atoms with Gasteiger partial charge in [0.25, 0.3) is 5.91 Å². The maximum Gasteiger partial charge on any atom is 0.387 e. The van der Waals surface area contributed by atoms with Crippen molar-refractivity contribution in [2.24, 2.45) is 0 Å². The summed E-state index contributed by atoms with van der Waals surface area (Å²) < 4.78 is 33.3. The van der Waals surface area contributed by atoms with Gasteiger partial charge >= 0.3 is 12.6 Å². The molecule has 2 aromatic rings. The molecule has 0 aliphatic heterocycles. The van der Waals surface area contributed by atoms with E-state index in [2.05, 4.69) is 10.1 Å². The Bertz CT molecular complexity index is 800. The monoisotopic (exact) mass is 417 g/mol. The molecule has 0 bridgehead atoms. The quantitative estimate of drug-likeness (QED) is 0.656. The van der Waals surface area contributed by atoms with E-state index in [9.17, 15) is 18.4 Å². The molecule has 1 amide bonds. The Kier molecular flexibility index (Phi) is 7.82. The largest absolute Gasteiger partial charge is 0.452 e. The Balaban J connectivity index is 1.71. The van der Waals surface area contributed by atoms with E-state index in [1.165, 1.54) is 30.3 Å². The first-order valence-corrected chi connectivity index (χ1v) is 8.53. The summed E-state index contributed by atoms with van der Waals surface area (Å²) in [6.45, 7) is -3.03. The van der Waals surface area contributed by atoms with E-state index in [1.54, 1.807) is 12.1 Å². The Morgan fingerprint density at radius 2 is 1.74 bits per heavy atom. The average Bonchev–Trinajstić information content (AvgIpc) is 2.63. The highest BCUT2D eigenvalue weighted by molar-refractivity contribution is 6.42. The second-order valence-corrected chi connectivity index (χ2v) is 6.14. The van der Waals surface area contributed by atoms with Gasteiger partial charge in [-0.25, -0.2) is 4.79 Å². The molecule has 0 atom stereocenters. The predicted octanol–water partition coefficient (Wildman–Crippen LogP) is 4.11. The molecule has 1 N–H and O–H groups in total. The number of benzene rings is 2. The van der Waals surface area contributed by atoms with Gasteiger partial charge in [-0.1, -0.05) is 35.3 Å². The van der Waals surface area contributed by atoms with Gasteiger partial charge in [0.1, 0.15) is 5.75 Å². The lowest BCUT2D eigenvalue weighted by molar-refractivity contribution is -0.124. The lowest BCUT2D eigenvalue weighted by Gasteiger charge is -2.08. The number of rotatable bonds is 8. The molecule has 0 unspecified atom stereocenters. The molecule has 0 radical (unpaired) electrons. The van der Waals surface area contributed by atoms with Crippen molar-refractivity contribution < 1.29 is 27.8 Å². The summed E-state index contributed by atoms with van der Waals surface area (Å²) in [6.07, 6.45) is 0.474. The number of carbonyl (C=O) groups is 2. The van der Waals surface area contributed by atoms with Crippen molar-refractivity contribution >= 4 is 35.1 Å². The second-order valence-electron chi connectivity index (χ2n) is 5.33. The van der Waals surface area contributed by atoms with E-state index < -0.39 is 25.1 Å². The van der Waals surface area contributed by atoms with Gasteiger partial charge in [0.05, 0.1) is 15.6 Å². The van der Waals surface area contributed by atoms with Crippen LogP contribution in [0.2, 0.25) is 10.0 Å². The highest BCUT2D eigenvalue weighted by Crippen LogP contribution is 2.22. The third-order valence-electron chi connectivity index (χ3n) is 3.37. The van der Waals surface area contributed by atoms with E-state index in [0.717, 1.165) is 5.56 Å². The molecule has 0 heterocycles. The van der Waals surface area contributed by atoms with Gasteiger partial charge in [0, 0.05) is 6.54 Å². The van der Waals surface area contributed by atoms with Crippen molar-refractivity contribution in [1.82, 2.24) is 5.32 Å². The van der Waals surface area contributed by atoms with Gasteiger partial charge in [-0.2, -0.15) is 8.78 Å². The van der Waals surface area contributed by atoms with E-state index in [-0.39, 0.29) is 22.9 Å². The number of amides is 1. The lowest BCUT2D eigenvalue weighted by Crippen LogP contribution is -2.30. The maximum atomic E-state index is 12.1. The Morgan fingerprint density at radius 3 is 2.37 bits per heavy atom. The fourth-order valence-corrected chi connectivity index (χ4v) is 2.37. The zero-order chi connectivity index (χ0) is 19.8. The van der Waals surface area contributed by atoms with E-state index in [4.69, 9.17) is 27.9 Å². The highest BCUT2D eigenvalue weighted by Gasteiger charge is 2.12. The van der Waals surface area contributed by atoms with Gasteiger partial charge in [0.15, 0.2) is 6.61 Å². The van der Waals surface area contributed by atoms with Gasteiger partial charge in [-0.3, -0.25) is 4.79 Å². The fraction of sp³-hybridized carbons (Fsp3) is 0.222. The highest BCUT2D eigenvalue weighted by atomic mass is 35.5. The summed E-state index contributed by atoms with van der Waals surface area (Å²) in [7, 11) is 0. The first-order chi connectivity index (χ1) is 12.8.